The summed E-state index contributed by atoms with van der Waals surface area (Å²) < 4.78 is 15.9. The maximum absolute atomic E-state index is 10.8. The average Bonchev–Trinajstić information content (AvgIpc) is 2.52. The first-order chi connectivity index (χ1) is 10.2. The third kappa shape index (κ3) is 4.57. The van der Waals surface area contributed by atoms with Gasteiger partial charge < -0.3 is 14.2 Å². The number of rotatable bonds is 7. The van der Waals surface area contributed by atoms with Crippen molar-refractivity contribution >= 4 is 5.69 Å². The molecule has 1 heterocycles. The number of nitro groups is 1. The van der Waals surface area contributed by atoms with Crippen LogP contribution in [0.2, 0.25) is 0 Å². The predicted octanol–water partition coefficient (Wildman–Crippen LogP) is 1.70. The van der Waals surface area contributed by atoms with Gasteiger partial charge in [-0.25, -0.2) is 0 Å². The van der Waals surface area contributed by atoms with E-state index in [0.717, 1.165) is 39.3 Å². The highest BCUT2D eigenvalue weighted by Gasteiger charge is 2.15. The molecule has 1 aliphatic heterocycles. The highest BCUT2D eigenvalue weighted by molar-refractivity contribution is 5.50. The van der Waals surface area contributed by atoms with Crippen LogP contribution in [-0.4, -0.2) is 56.4 Å². The van der Waals surface area contributed by atoms with E-state index in [4.69, 9.17) is 14.2 Å². The second-order valence-corrected chi connectivity index (χ2v) is 4.75. The Labute approximate surface area is 123 Å². The molecule has 7 nitrogen and oxygen atoms in total. The van der Waals surface area contributed by atoms with Crippen LogP contribution in [0.4, 0.5) is 5.69 Å². The lowest BCUT2D eigenvalue weighted by Gasteiger charge is -2.26. The molecule has 0 radical (unpaired) electrons. The molecule has 116 valence electrons. The standard InChI is InChI=1S/C14H20N2O5/c1-19-14-11-12(3-4-13(14)16(17)18)21-8-2-5-15-6-9-20-10-7-15/h3-4,11H,2,5-10H2,1H3. The molecule has 1 fully saturated rings. The Morgan fingerprint density at radius 3 is 2.81 bits per heavy atom. The Balaban J connectivity index is 1.78. The van der Waals surface area contributed by atoms with Gasteiger partial charge in [0.2, 0.25) is 5.75 Å². The van der Waals surface area contributed by atoms with Crippen LogP contribution in [0.5, 0.6) is 11.5 Å². The number of nitro benzene ring substituents is 1. The Morgan fingerprint density at radius 2 is 2.14 bits per heavy atom. The molecule has 0 spiro atoms. The Hall–Kier alpha value is -1.86. The van der Waals surface area contributed by atoms with Gasteiger partial charge >= 0.3 is 5.69 Å². The number of nitrogens with zero attached hydrogens (tertiary/aromatic N) is 2. The summed E-state index contributed by atoms with van der Waals surface area (Å²) in [5.74, 6) is 0.796. The van der Waals surface area contributed by atoms with Gasteiger partial charge in [0.15, 0.2) is 0 Å². The molecule has 7 heteroatoms. The molecular formula is C14H20N2O5. The SMILES string of the molecule is COc1cc(OCCCN2CCOCC2)ccc1[N+](=O)[O-]. The number of morpholine rings is 1. The second-order valence-electron chi connectivity index (χ2n) is 4.75. The summed E-state index contributed by atoms with van der Waals surface area (Å²) in [6, 6.07) is 4.54. The molecule has 0 unspecified atom stereocenters. The van der Waals surface area contributed by atoms with Gasteiger partial charge in [0, 0.05) is 31.8 Å². The van der Waals surface area contributed by atoms with Crippen LogP contribution in [0.25, 0.3) is 0 Å². The van der Waals surface area contributed by atoms with Crippen molar-refractivity contribution in [3.63, 3.8) is 0 Å². The summed E-state index contributed by atoms with van der Waals surface area (Å²) in [6.07, 6.45) is 0.902. The average molecular weight is 296 g/mol. The third-order valence-electron chi connectivity index (χ3n) is 3.34. The van der Waals surface area contributed by atoms with E-state index in [9.17, 15) is 10.1 Å². The Bertz CT molecular complexity index is 474. The van der Waals surface area contributed by atoms with Crippen molar-refractivity contribution in [1.29, 1.82) is 0 Å². The lowest BCUT2D eigenvalue weighted by molar-refractivity contribution is -0.385. The molecule has 1 aromatic rings. The fourth-order valence-corrected chi connectivity index (χ4v) is 2.20. The second kappa shape index (κ2) is 7.80. The maximum atomic E-state index is 10.8. The number of hydrogen-bond acceptors (Lipinski definition) is 6. The first-order valence-electron chi connectivity index (χ1n) is 6.96. The largest absolute Gasteiger partial charge is 0.493 e. The van der Waals surface area contributed by atoms with Crippen molar-refractivity contribution in [2.45, 2.75) is 6.42 Å². The van der Waals surface area contributed by atoms with Gasteiger partial charge in [-0.3, -0.25) is 15.0 Å². The fraction of sp³-hybridized carbons (Fsp3) is 0.571. The van der Waals surface area contributed by atoms with Gasteiger partial charge in [-0.15, -0.1) is 0 Å². The monoisotopic (exact) mass is 296 g/mol. The van der Waals surface area contributed by atoms with Gasteiger partial charge in [-0.2, -0.15) is 0 Å². The highest BCUT2D eigenvalue weighted by atomic mass is 16.6. The van der Waals surface area contributed by atoms with Crippen molar-refractivity contribution in [2.75, 3.05) is 46.6 Å². The Morgan fingerprint density at radius 1 is 1.38 bits per heavy atom. The van der Waals surface area contributed by atoms with Crippen LogP contribution in [-0.2, 0) is 4.74 Å². The minimum absolute atomic E-state index is 0.0573. The van der Waals surface area contributed by atoms with E-state index in [2.05, 4.69) is 4.90 Å². The maximum Gasteiger partial charge on any atom is 0.311 e. The molecule has 0 N–H and O–H groups in total. The first-order valence-corrected chi connectivity index (χ1v) is 6.96. The van der Waals surface area contributed by atoms with Gasteiger partial charge in [0.1, 0.15) is 5.75 Å². The molecular weight excluding hydrogens is 276 g/mol. The topological polar surface area (TPSA) is 74.1 Å². The van der Waals surface area contributed by atoms with Crippen molar-refractivity contribution < 1.29 is 19.1 Å². The number of ether oxygens (including phenoxy) is 3. The zero-order chi connectivity index (χ0) is 15.1. The lowest BCUT2D eigenvalue weighted by Crippen LogP contribution is -2.37. The third-order valence-corrected chi connectivity index (χ3v) is 3.34. The molecule has 21 heavy (non-hydrogen) atoms. The van der Waals surface area contributed by atoms with Crippen molar-refractivity contribution in [1.82, 2.24) is 4.90 Å². The molecule has 0 saturated carbocycles. The minimum Gasteiger partial charge on any atom is -0.493 e. The fourth-order valence-electron chi connectivity index (χ4n) is 2.20. The minimum atomic E-state index is -0.471. The summed E-state index contributed by atoms with van der Waals surface area (Å²) in [7, 11) is 1.41. The predicted molar refractivity (Wildman–Crippen MR) is 77.0 cm³/mol. The van der Waals surface area contributed by atoms with E-state index >= 15 is 0 Å². The molecule has 0 bridgehead atoms. The number of hydrogen-bond donors (Lipinski definition) is 0. The van der Waals surface area contributed by atoms with Gasteiger partial charge in [-0.05, 0) is 12.5 Å². The molecule has 2 rings (SSSR count). The first kappa shape index (κ1) is 15.5. The molecule has 1 saturated heterocycles. The van der Waals surface area contributed by atoms with Crippen LogP contribution >= 0.6 is 0 Å². The summed E-state index contributed by atoms with van der Waals surface area (Å²) in [5, 5.41) is 10.8. The Kier molecular flexibility index (Phi) is 5.77. The zero-order valence-corrected chi connectivity index (χ0v) is 12.1. The van der Waals surface area contributed by atoms with Gasteiger partial charge in [0.05, 0.1) is 31.9 Å². The number of benzene rings is 1. The van der Waals surface area contributed by atoms with Crippen LogP contribution in [0.3, 0.4) is 0 Å². The van der Waals surface area contributed by atoms with Crippen molar-refractivity contribution in [3.05, 3.63) is 28.3 Å². The van der Waals surface area contributed by atoms with E-state index in [-0.39, 0.29) is 11.4 Å². The van der Waals surface area contributed by atoms with E-state index in [0.29, 0.717) is 12.4 Å². The molecule has 1 aromatic carbocycles. The molecule has 0 aliphatic carbocycles. The van der Waals surface area contributed by atoms with Gasteiger partial charge in [-0.1, -0.05) is 0 Å². The highest BCUT2D eigenvalue weighted by Crippen LogP contribution is 2.30. The van der Waals surface area contributed by atoms with E-state index < -0.39 is 4.92 Å². The molecule has 0 atom stereocenters. The van der Waals surface area contributed by atoms with Crippen LogP contribution in [0.15, 0.2) is 18.2 Å². The summed E-state index contributed by atoms with van der Waals surface area (Å²) in [6.45, 7) is 5.04. The number of methoxy groups -OCH3 is 1. The van der Waals surface area contributed by atoms with Gasteiger partial charge in [0.25, 0.3) is 0 Å². The quantitative estimate of drug-likeness (QED) is 0.433. The molecule has 0 aromatic heterocycles. The van der Waals surface area contributed by atoms with E-state index in [1.54, 1.807) is 12.1 Å². The summed E-state index contributed by atoms with van der Waals surface area (Å²) >= 11 is 0. The van der Waals surface area contributed by atoms with Crippen LogP contribution in [0, 0.1) is 10.1 Å². The smallest absolute Gasteiger partial charge is 0.311 e. The summed E-state index contributed by atoms with van der Waals surface area (Å²) in [4.78, 5) is 12.7. The zero-order valence-electron chi connectivity index (χ0n) is 12.1. The lowest BCUT2D eigenvalue weighted by atomic mass is 10.3. The van der Waals surface area contributed by atoms with E-state index in [1.165, 1.54) is 13.2 Å². The molecule has 0 amide bonds. The van der Waals surface area contributed by atoms with Crippen molar-refractivity contribution in [3.8, 4) is 11.5 Å². The van der Waals surface area contributed by atoms with Crippen LogP contribution in [0.1, 0.15) is 6.42 Å². The van der Waals surface area contributed by atoms with Crippen LogP contribution < -0.4 is 9.47 Å². The van der Waals surface area contributed by atoms with Crippen molar-refractivity contribution in [2.24, 2.45) is 0 Å². The normalized spacial score (nSPS) is 15.7. The molecule has 1 aliphatic rings. The summed E-state index contributed by atoms with van der Waals surface area (Å²) in [5.41, 5.74) is -0.0573. The van der Waals surface area contributed by atoms with E-state index in [1.807, 2.05) is 0 Å².